The Hall–Kier alpha value is -1.09. The highest BCUT2D eigenvalue weighted by atomic mass is 35.5. The van der Waals surface area contributed by atoms with E-state index in [4.69, 9.17) is 28.9 Å². The fourth-order valence-corrected chi connectivity index (χ4v) is 2.45. The van der Waals surface area contributed by atoms with E-state index in [0.29, 0.717) is 16.5 Å². The Bertz CT molecular complexity index is 599. The van der Waals surface area contributed by atoms with Crippen molar-refractivity contribution in [3.8, 4) is 0 Å². The van der Waals surface area contributed by atoms with Gasteiger partial charge in [0.1, 0.15) is 5.82 Å². The Kier molecular flexibility index (Phi) is 4.46. The first-order valence-electron chi connectivity index (χ1n) is 5.93. The summed E-state index contributed by atoms with van der Waals surface area (Å²) in [6, 6.07) is 9.57. The van der Waals surface area contributed by atoms with Crippen LogP contribution < -0.4 is 5.73 Å². The monoisotopic (exact) mass is 297 g/mol. The highest BCUT2D eigenvalue weighted by Crippen LogP contribution is 2.26. The molecule has 0 bridgehead atoms. The van der Waals surface area contributed by atoms with Gasteiger partial charge in [0.25, 0.3) is 0 Å². The van der Waals surface area contributed by atoms with Crippen molar-refractivity contribution in [2.75, 3.05) is 0 Å². The van der Waals surface area contributed by atoms with E-state index < -0.39 is 0 Å². The minimum atomic E-state index is -0.313. The lowest BCUT2D eigenvalue weighted by Gasteiger charge is -2.16. The maximum absolute atomic E-state index is 13.3. The molecule has 0 fully saturated rings. The third kappa shape index (κ3) is 3.47. The Morgan fingerprint density at radius 3 is 2.63 bits per heavy atom. The molecule has 0 aromatic heterocycles. The van der Waals surface area contributed by atoms with Gasteiger partial charge in [-0.1, -0.05) is 29.3 Å². The molecular formula is C15H14Cl2FN. The summed E-state index contributed by atoms with van der Waals surface area (Å²) in [5.74, 6) is -0.284. The van der Waals surface area contributed by atoms with Gasteiger partial charge in [-0.3, -0.25) is 0 Å². The van der Waals surface area contributed by atoms with Crippen LogP contribution in [0.1, 0.15) is 22.7 Å². The molecule has 1 nitrogen and oxygen atoms in total. The van der Waals surface area contributed by atoms with Crippen LogP contribution >= 0.6 is 23.2 Å². The van der Waals surface area contributed by atoms with Crippen molar-refractivity contribution < 1.29 is 4.39 Å². The fourth-order valence-electron chi connectivity index (χ4n) is 2.06. The van der Waals surface area contributed by atoms with Gasteiger partial charge in [0.05, 0.1) is 0 Å². The lowest BCUT2D eigenvalue weighted by molar-refractivity contribution is 0.617. The number of aryl methyl sites for hydroxylation is 1. The zero-order valence-electron chi connectivity index (χ0n) is 10.5. The molecule has 0 amide bonds. The normalized spacial score (nSPS) is 12.5. The number of rotatable bonds is 3. The molecule has 0 heterocycles. The number of benzene rings is 2. The van der Waals surface area contributed by atoms with Crippen LogP contribution in [0.25, 0.3) is 0 Å². The molecular weight excluding hydrogens is 284 g/mol. The van der Waals surface area contributed by atoms with Crippen LogP contribution in [0.15, 0.2) is 36.4 Å². The van der Waals surface area contributed by atoms with Gasteiger partial charge in [-0.2, -0.15) is 0 Å². The second-order valence-electron chi connectivity index (χ2n) is 4.55. The van der Waals surface area contributed by atoms with E-state index in [1.165, 1.54) is 12.1 Å². The summed E-state index contributed by atoms with van der Waals surface area (Å²) in [5.41, 5.74) is 8.77. The van der Waals surface area contributed by atoms with Crippen LogP contribution in [0, 0.1) is 12.7 Å². The summed E-state index contributed by atoms with van der Waals surface area (Å²) in [6.45, 7) is 1.91. The van der Waals surface area contributed by atoms with E-state index in [0.717, 1.165) is 16.7 Å². The Labute approximate surface area is 122 Å². The molecule has 1 atom stereocenters. The van der Waals surface area contributed by atoms with E-state index in [1.54, 1.807) is 24.3 Å². The van der Waals surface area contributed by atoms with Crippen LogP contribution in [-0.2, 0) is 6.42 Å². The van der Waals surface area contributed by atoms with E-state index in [9.17, 15) is 4.39 Å². The summed E-state index contributed by atoms with van der Waals surface area (Å²) in [5, 5.41) is 1.23. The summed E-state index contributed by atoms with van der Waals surface area (Å²) in [6.07, 6.45) is 0.518. The Morgan fingerprint density at radius 1 is 1.16 bits per heavy atom. The van der Waals surface area contributed by atoms with E-state index in [2.05, 4.69) is 0 Å². The average molecular weight is 298 g/mol. The number of hydrogen-bond acceptors (Lipinski definition) is 1. The van der Waals surface area contributed by atoms with Crippen molar-refractivity contribution >= 4 is 23.2 Å². The quantitative estimate of drug-likeness (QED) is 0.874. The van der Waals surface area contributed by atoms with Crippen molar-refractivity contribution in [3.05, 3.63) is 69.0 Å². The van der Waals surface area contributed by atoms with Gasteiger partial charge in [0.15, 0.2) is 0 Å². The summed E-state index contributed by atoms with van der Waals surface area (Å²) >= 11 is 12.1. The molecule has 2 rings (SSSR count). The minimum Gasteiger partial charge on any atom is -0.324 e. The zero-order valence-corrected chi connectivity index (χ0v) is 12.0. The van der Waals surface area contributed by atoms with Gasteiger partial charge in [0.2, 0.25) is 0 Å². The number of halogens is 3. The summed E-state index contributed by atoms with van der Waals surface area (Å²) < 4.78 is 13.3. The predicted molar refractivity (Wildman–Crippen MR) is 78.2 cm³/mol. The zero-order chi connectivity index (χ0) is 14.0. The van der Waals surface area contributed by atoms with E-state index >= 15 is 0 Å². The van der Waals surface area contributed by atoms with Gasteiger partial charge >= 0.3 is 0 Å². The van der Waals surface area contributed by atoms with Crippen molar-refractivity contribution in [1.82, 2.24) is 0 Å². The van der Waals surface area contributed by atoms with Crippen molar-refractivity contribution in [3.63, 3.8) is 0 Å². The molecule has 2 N–H and O–H groups in total. The van der Waals surface area contributed by atoms with Gasteiger partial charge in [-0.15, -0.1) is 0 Å². The third-order valence-electron chi connectivity index (χ3n) is 3.09. The molecule has 0 aliphatic heterocycles. The molecule has 0 aliphatic rings. The Morgan fingerprint density at radius 2 is 1.89 bits per heavy atom. The lowest BCUT2D eigenvalue weighted by Crippen LogP contribution is -2.15. The highest BCUT2D eigenvalue weighted by molar-refractivity contribution is 6.33. The van der Waals surface area contributed by atoms with Crippen molar-refractivity contribution in [2.24, 2.45) is 5.73 Å². The Balaban J connectivity index is 2.27. The smallest absolute Gasteiger partial charge is 0.123 e. The largest absolute Gasteiger partial charge is 0.324 e. The average Bonchev–Trinajstić information content (AvgIpc) is 2.36. The minimum absolute atomic E-state index is 0.284. The molecule has 4 heteroatoms. The maximum atomic E-state index is 13.3. The molecule has 0 spiro atoms. The van der Waals surface area contributed by atoms with Crippen molar-refractivity contribution in [2.45, 2.75) is 19.4 Å². The van der Waals surface area contributed by atoms with Crippen LogP contribution in [0.3, 0.4) is 0 Å². The molecule has 2 aromatic carbocycles. The number of hydrogen-bond donors (Lipinski definition) is 1. The molecule has 0 saturated heterocycles. The van der Waals surface area contributed by atoms with Gasteiger partial charge in [0, 0.05) is 16.1 Å². The molecule has 1 unspecified atom stereocenters. The third-order valence-corrected chi connectivity index (χ3v) is 3.69. The van der Waals surface area contributed by atoms with Crippen LogP contribution in [-0.4, -0.2) is 0 Å². The lowest BCUT2D eigenvalue weighted by atomic mass is 9.96. The molecule has 0 aliphatic carbocycles. The fraction of sp³-hybridized carbons (Fsp3) is 0.200. The molecule has 0 radical (unpaired) electrons. The second kappa shape index (κ2) is 5.91. The first-order chi connectivity index (χ1) is 8.97. The summed E-state index contributed by atoms with van der Waals surface area (Å²) in [4.78, 5) is 0. The SMILES string of the molecule is Cc1ccc(F)cc1C(N)Cc1cc(Cl)ccc1Cl. The van der Waals surface area contributed by atoms with Crippen LogP contribution in [0.5, 0.6) is 0 Å². The van der Waals surface area contributed by atoms with E-state index in [1.807, 2.05) is 6.92 Å². The van der Waals surface area contributed by atoms with Gasteiger partial charge < -0.3 is 5.73 Å². The van der Waals surface area contributed by atoms with Gasteiger partial charge in [-0.25, -0.2) is 4.39 Å². The molecule has 19 heavy (non-hydrogen) atoms. The van der Waals surface area contributed by atoms with Gasteiger partial charge in [-0.05, 0) is 60.4 Å². The second-order valence-corrected chi connectivity index (χ2v) is 5.39. The van der Waals surface area contributed by atoms with E-state index in [-0.39, 0.29) is 11.9 Å². The van der Waals surface area contributed by atoms with Crippen LogP contribution in [0.2, 0.25) is 10.0 Å². The molecule has 2 aromatic rings. The van der Waals surface area contributed by atoms with Crippen molar-refractivity contribution in [1.29, 1.82) is 0 Å². The first-order valence-corrected chi connectivity index (χ1v) is 6.68. The van der Waals surface area contributed by atoms with Crippen LogP contribution in [0.4, 0.5) is 4.39 Å². The first kappa shape index (κ1) is 14.3. The standard InChI is InChI=1S/C15H14Cl2FN/c1-9-2-4-12(18)8-13(9)15(19)7-10-6-11(16)3-5-14(10)17/h2-6,8,15H,7,19H2,1H3. The molecule has 100 valence electrons. The number of nitrogens with two attached hydrogens (primary N) is 1. The summed E-state index contributed by atoms with van der Waals surface area (Å²) in [7, 11) is 0. The topological polar surface area (TPSA) is 26.0 Å². The maximum Gasteiger partial charge on any atom is 0.123 e. The highest BCUT2D eigenvalue weighted by Gasteiger charge is 2.13. The predicted octanol–water partition coefficient (Wildman–Crippen LogP) is 4.68. The molecule has 0 saturated carbocycles.